The number of nitrogens with two attached hydrogens (primary N) is 1. The van der Waals surface area contributed by atoms with Gasteiger partial charge in [-0.15, -0.1) is 0 Å². The van der Waals surface area contributed by atoms with E-state index in [0.29, 0.717) is 12.8 Å². The first kappa shape index (κ1) is 13.5. The maximum absolute atomic E-state index is 12.0. The van der Waals surface area contributed by atoms with Crippen molar-refractivity contribution < 1.29 is 29.0 Å². The largest absolute Gasteiger partial charge is 0.480 e. The Morgan fingerprint density at radius 1 is 1.32 bits per heavy atom. The van der Waals surface area contributed by atoms with Crippen molar-refractivity contribution in [2.75, 3.05) is 0 Å². The van der Waals surface area contributed by atoms with Crippen molar-refractivity contribution in [2.45, 2.75) is 43.9 Å². The minimum atomic E-state index is -1.36. The Labute approximate surface area is 108 Å². The van der Waals surface area contributed by atoms with Crippen LogP contribution in [0.4, 0.5) is 0 Å². The molecular formula is C11H14N2O6. The van der Waals surface area contributed by atoms with Gasteiger partial charge in [0.2, 0.25) is 5.91 Å². The lowest BCUT2D eigenvalue weighted by Gasteiger charge is -2.33. The molecular weight excluding hydrogens is 256 g/mol. The van der Waals surface area contributed by atoms with Crippen LogP contribution in [0.25, 0.3) is 0 Å². The molecule has 0 radical (unpaired) electrons. The molecule has 3 amide bonds. The molecule has 104 valence electrons. The quantitative estimate of drug-likeness (QED) is 0.593. The van der Waals surface area contributed by atoms with Crippen molar-refractivity contribution in [3.05, 3.63) is 0 Å². The molecule has 3 unspecified atom stereocenters. The van der Waals surface area contributed by atoms with Gasteiger partial charge in [0.15, 0.2) is 0 Å². The molecule has 3 atom stereocenters. The number of primary amides is 1. The molecule has 0 saturated carbocycles. The standard InChI is InChI=1S/C11H14N2O6/c12-8(14)4-1-5(11(17)18)13-9(15)6-2-3-7(19-6)10(13)16/h5-7H,1-4H2,(H2,12,14)(H,17,18). The summed E-state index contributed by atoms with van der Waals surface area (Å²) in [5.74, 6) is -3.29. The summed E-state index contributed by atoms with van der Waals surface area (Å²) < 4.78 is 5.18. The number of morpholine rings is 1. The lowest BCUT2D eigenvalue weighted by molar-refractivity contribution is -0.176. The summed E-state index contributed by atoms with van der Waals surface area (Å²) >= 11 is 0. The molecule has 2 fully saturated rings. The van der Waals surface area contributed by atoms with Crippen LogP contribution in [0.2, 0.25) is 0 Å². The van der Waals surface area contributed by atoms with Crippen molar-refractivity contribution in [2.24, 2.45) is 5.73 Å². The fraction of sp³-hybridized carbons (Fsp3) is 0.636. The van der Waals surface area contributed by atoms with E-state index in [1.54, 1.807) is 0 Å². The van der Waals surface area contributed by atoms with Crippen LogP contribution in [0.3, 0.4) is 0 Å². The summed E-state index contributed by atoms with van der Waals surface area (Å²) in [6.45, 7) is 0. The molecule has 2 heterocycles. The van der Waals surface area contributed by atoms with Gasteiger partial charge in [-0.2, -0.15) is 0 Å². The Kier molecular flexibility index (Phi) is 3.52. The Morgan fingerprint density at radius 2 is 1.84 bits per heavy atom. The number of carboxylic acids is 1. The van der Waals surface area contributed by atoms with Gasteiger partial charge in [-0.3, -0.25) is 19.3 Å². The number of carboxylic acid groups (broad SMARTS) is 1. The number of aliphatic carboxylic acids is 1. The van der Waals surface area contributed by atoms with E-state index in [1.165, 1.54) is 0 Å². The van der Waals surface area contributed by atoms with Gasteiger partial charge in [0, 0.05) is 6.42 Å². The summed E-state index contributed by atoms with van der Waals surface area (Å²) in [4.78, 5) is 46.6. The minimum Gasteiger partial charge on any atom is -0.480 e. The van der Waals surface area contributed by atoms with Gasteiger partial charge in [0.1, 0.15) is 18.2 Å². The molecule has 0 aromatic heterocycles. The number of nitrogens with zero attached hydrogens (tertiary/aromatic N) is 1. The molecule has 0 aliphatic carbocycles. The van der Waals surface area contributed by atoms with Crippen LogP contribution in [0.15, 0.2) is 0 Å². The van der Waals surface area contributed by atoms with Gasteiger partial charge >= 0.3 is 5.97 Å². The minimum absolute atomic E-state index is 0.179. The molecule has 0 aromatic carbocycles. The van der Waals surface area contributed by atoms with Gasteiger partial charge < -0.3 is 15.6 Å². The van der Waals surface area contributed by atoms with Gasteiger partial charge in [-0.05, 0) is 19.3 Å². The molecule has 3 N–H and O–H groups in total. The summed E-state index contributed by atoms with van der Waals surface area (Å²) in [6.07, 6.45) is -1.07. The zero-order valence-electron chi connectivity index (χ0n) is 10.1. The zero-order valence-corrected chi connectivity index (χ0v) is 10.1. The first-order valence-corrected chi connectivity index (χ1v) is 5.95. The predicted molar refractivity (Wildman–Crippen MR) is 59.6 cm³/mol. The number of carbonyl (C=O) groups is 4. The van der Waals surface area contributed by atoms with Crippen molar-refractivity contribution in [1.29, 1.82) is 0 Å². The Morgan fingerprint density at radius 3 is 2.26 bits per heavy atom. The molecule has 0 spiro atoms. The van der Waals surface area contributed by atoms with E-state index in [4.69, 9.17) is 15.6 Å². The average molecular weight is 270 g/mol. The number of imide groups is 1. The third kappa shape index (κ3) is 2.43. The summed E-state index contributed by atoms with van der Waals surface area (Å²) in [7, 11) is 0. The normalized spacial score (nSPS) is 27.5. The lowest BCUT2D eigenvalue weighted by Crippen LogP contribution is -2.58. The molecule has 2 rings (SSSR count). The van der Waals surface area contributed by atoms with Gasteiger partial charge in [-0.1, -0.05) is 0 Å². The molecule has 2 saturated heterocycles. The SMILES string of the molecule is NC(=O)CCC(C(=O)O)N1C(=O)C2CCC(O2)C1=O. The van der Waals surface area contributed by atoms with Crippen molar-refractivity contribution in [3.8, 4) is 0 Å². The van der Waals surface area contributed by atoms with Gasteiger partial charge in [0.05, 0.1) is 0 Å². The van der Waals surface area contributed by atoms with Crippen molar-refractivity contribution >= 4 is 23.7 Å². The predicted octanol–water partition coefficient (Wildman–Crippen LogP) is -1.38. The molecule has 0 aromatic rings. The number of rotatable bonds is 5. The smallest absolute Gasteiger partial charge is 0.326 e. The number of ether oxygens (including phenoxy) is 1. The molecule has 19 heavy (non-hydrogen) atoms. The summed E-state index contributed by atoms with van der Waals surface area (Å²) in [5, 5.41) is 9.13. The van der Waals surface area contributed by atoms with Gasteiger partial charge in [-0.25, -0.2) is 4.79 Å². The molecule has 8 heteroatoms. The second-order valence-corrected chi connectivity index (χ2v) is 4.60. The highest BCUT2D eigenvalue weighted by Crippen LogP contribution is 2.30. The Hall–Kier alpha value is -1.96. The number of amides is 3. The second-order valence-electron chi connectivity index (χ2n) is 4.60. The van der Waals surface area contributed by atoms with Crippen molar-refractivity contribution in [1.82, 2.24) is 4.90 Å². The highest BCUT2D eigenvalue weighted by molar-refractivity contribution is 6.05. The number of carbonyl (C=O) groups excluding carboxylic acids is 3. The van der Waals surface area contributed by atoms with Crippen LogP contribution in [-0.2, 0) is 23.9 Å². The number of likely N-dealkylation sites (tertiary alicyclic amines) is 1. The Bertz CT molecular complexity index is 426. The lowest BCUT2D eigenvalue weighted by atomic mass is 10.1. The van der Waals surface area contributed by atoms with Crippen LogP contribution in [0.5, 0.6) is 0 Å². The zero-order chi connectivity index (χ0) is 14.2. The first-order valence-electron chi connectivity index (χ1n) is 5.95. The van der Waals surface area contributed by atoms with E-state index in [2.05, 4.69) is 0 Å². The molecule has 8 nitrogen and oxygen atoms in total. The third-order valence-electron chi connectivity index (χ3n) is 3.31. The monoisotopic (exact) mass is 270 g/mol. The molecule has 2 aliphatic rings. The maximum Gasteiger partial charge on any atom is 0.326 e. The number of hydrogen-bond acceptors (Lipinski definition) is 5. The van der Waals surface area contributed by atoms with Crippen LogP contribution >= 0.6 is 0 Å². The van der Waals surface area contributed by atoms with E-state index >= 15 is 0 Å². The topological polar surface area (TPSA) is 127 Å². The van der Waals surface area contributed by atoms with E-state index in [9.17, 15) is 19.2 Å². The second kappa shape index (κ2) is 4.96. The fourth-order valence-corrected chi connectivity index (χ4v) is 2.37. The highest BCUT2D eigenvalue weighted by Gasteiger charge is 2.50. The van der Waals surface area contributed by atoms with Crippen molar-refractivity contribution in [3.63, 3.8) is 0 Å². The number of hydrogen-bond donors (Lipinski definition) is 2. The van der Waals surface area contributed by atoms with E-state index in [1.807, 2.05) is 0 Å². The molecule has 2 bridgehead atoms. The fourth-order valence-electron chi connectivity index (χ4n) is 2.37. The van der Waals surface area contributed by atoms with E-state index < -0.39 is 41.9 Å². The third-order valence-corrected chi connectivity index (χ3v) is 3.31. The summed E-state index contributed by atoms with van der Waals surface area (Å²) in [6, 6.07) is -1.36. The first-order chi connectivity index (χ1) is 8.91. The van der Waals surface area contributed by atoms with E-state index in [-0.39, 0.29) is 12.8 Å². The van der Waals surface area contributed by atoms with Gasteiger partial charge in [0.25, 0.3) is 11.8 Å². The maximum atomic E-state index is 12.0. The van der Waals surface area contributed by atoms with Crippen LogP contribution in [0, 0.1) is 0 Å². The number of fused-ring (bicyclic) bond motifs is 2. The van der Waals surface area contributed by atoms with E-state index in [0.717, 1.165) is 4.90 Å². The van der Waals surface area contributed by atoms with Crippen LogP contribution < -0.4 is 5.73 Å². The highest BCUT2D eigenvalue weighted by atomic mass is 16.5. The average Bonchev–Trinajstić information content (AvgIpc) is 2.77. The van der Waals surface area contributed by atoms with Crippen LogP contribution in [-0.4, -0.2) is 51.9 Å². The Balaban J connectivity index is 2.20. The molecule has 2 aliphatic heterocycles. The summed E-state index contributed by atoms with van der Waals surface area (Å²) in [5.41, 5.74) is 4.96. The van der Waals surface area contributed by atoms with Crippen LogP contribution in [0.1, 0.15) is 25.7 Å².